The Labute approximate surface area is 171 Å². The lowest BCUT2D eigenvalue weighted by Gasteiger charge is -2.20. The number of aliphatic hydroxyl groups is 1. The molecule has 0 aliphatic carbocycles. The van der Waals surface area contributed by atoms with E-state index in [1.54, 1.807) is 42.7 Å². The van der Waals surface area contributed by atoms with Crippen LogP contribution in [0.5, 0.6) is 0 Å². The highest BCUT2D eigenvalue weighted by Crippen LogP contribution is 2.28. The highest BCUT2D eigenvalue weighted by atomic mass is 19.3. The standard InChI is InChI=1S/C22H21F3N2O3/c23-12-17(11-20(28)22(24)25)21(29)15-3-1-14(2-4-15)16-5-6-18(26-13-16)7-8-19-9-10-27-30-19/h1-6,9-10,13,17,21-22,29H,7-8,11-12H2/t17-,21-/m1/s1. The summed E-state index contributed by atoms with van der Waals surface area (Å²) in [7, 11) is 0. The van der Waals surface area contributed by atoms with Crippen LogP contribution in [0.1, 0.15) is 29.5 Å². The first-order valence-corrected chi connectivity index (χ1v) is 9.47. The van der Waals surface area contributed by atoms with E-state index in [1.807, 2.05) is 12.1 Å². The van der Waals surface area contributed by atoms with E-state index in [9.17, 15) is 23.1 Å². The van der Waals surface area contributed by atoms with E-state index in [1.165, 1.54) is 0 Å². The van der Waals surface area contributed by atoms with Crippen molar-refractivity contribution >= 4 is 5.78 Å². The molecule has 0 fully saturated rings. The Morgan fingerprint density at radius 3 is 2.33 bits per heavy atom. The van der Waals surface area contributed by atoms with Gasteiger partial charge in [0.15, 0.2) is 5.78 Å². The average Bonchev–Trinajstić information content (AvgIpc) is 3.29. The minimum absolute atomic E-state index is 0.361. The van der Waals surface area contributed by atoms with E-state index in [-0.39, 0.29) is 0 Å². The van der Waals surface area contributed by atoms with Crippen LogP contribution in [0.2, 0.25) is 0 Å². The van der Waals surface area contributed by atoms with Gasteiger partial charge >= 0.3 is 0 Å². The van der Waals surface area contributed by atoms with E-state index in [4.69, 9.17) is 4.52 Å². The van der Waals surface area contributed by atoms with Crippen LogP contribution in [0.4, 0.5) is 13.2 Å². The Bertz CT molecular complexity index is 929. The van der Waals surface area contributed by atoms with E-state index in [0.29, 0.717) is 18.4 Å². The lowest BCUT2D eigenvalue weighted by molar-refractivity contribution is -0.131. The van der Waals surface area contributed by atoms with Crippen molar-refractivity contribution in [1.82, 2.24) is 10.1 Å². The Morgan fingerprint density at radius 2 is 1.77 bits per heavy atom. The highest BCUT2D eigenvalue weighted by molar-refractivity contribution is 5.81. The first kappa shape index (κ1) is 21.7. The molecule has 3 rings (SSSR count). The van der Waals surface area contributed by atoms with E-state index < -0.39 is 37.3 Å². The van der Waals surface area contributed by atoms with Gasteiger partial charge in [0.05, 0.1) is 19.0 Å². The van der Waals surface area contributed by atoms with E-state index in [2.05, 4.69) is 10.1 Å². The molecule has 0 bridgehead atoms. The fourth-order valence-corrected chi connectivity index (χ4v) is 3.11. The summed E-state index contributed by atoms with van der Waals surface area (Å²) in [5.74, 6) is -1.79. The van der Waals surface area contributed by atoms with Crippen molar-refractivity contribution in [3.8, 4) is 11.1 Å². The topological polar surface area (TPSA) is 76.2 Å². The molecule has 3 aromatic rings. The zero-order valence-electron chi connectivity index (χ0n) is 16.0. The maximum absolute atomic E-state index is 13.2. The number of ketones is 1. The van der Waals surface area contributed by atoms with Gasteiger partial charge in [0.2, 0.25) is 0 Å². The number of aryl methyl sites for hydroxylation is 2. The van der Waals surface area contributed by atoms with Crippen LogP contribution >= 0.6 is 0 Å². The maximum atomic E-state index is 13.2. The number of aromatic nitrogens is 2. The van der Waals surface area contributed by atoms with Gasteiger partial charge in [-0.3, -0.25) is 14.2 Å². The second-order valence-electron chi connectivity index (χ2n) is 6.97. The Kier molecular flexibility index (Phi) is 7.35. The van der Waals surface area contributed by atoms with Crippen LogP contribution in [0, 0.1) is 5.92 Å². The van der Waals surface area contributed by atoms with Gasteiger partial charge in [-0.15, -0.1) is 0 Å². The van der Waals surface area contributed by atoms with Gasteiger partial charge in [0.25, 0.3) is 6.43 Å². The zero-order valence-corrected chi connectivity index (χ0v) is 16.0. The molecule has 8 heteroatoms. The number of alkyl halides is 3. The molecule has 1 N–H and O–H groups in total. The van der Waals surface area contributed by atoms with Crippen molar-refractivity contribution in [2.75, 3.05) is 6.67 Å². The number of rotatable bonds is 10. The molecule has 2 atom stereocenters. The van der Waals surface area contributed by atoms with Gasteiger partial charge in [-0.25, -0.2) is 8.78 Å². The Morgan fingerprint density at radius 1 is 1.03 bits per heavy atom. The number of hydrogen-bond donors (Lipinski definition) is 1. The predicted octanol–water partition coefficient (Wildman–Crippen LogP) is 4.37. The fraction of sp³-hybridized carbons (Fsp3) is 0.318. The van der Waals surface area contributed by atoms with Gasteiger partial charge in [-0.2, -0.15) is 0 Å². The number of pyridine rings is 1. The molecule has 0 saturated carbocycles. The Balaban J connectivity index is 1.63. The molecular formula is C22H21F3N2O3. The van der Waals surface area contributed by atoms with Gasteiger partial charge in [0, 0.05) is 42.3 Å². The number of aliphatic hydroxyl groups excluding tert-OH is 1. The normalized spacial score (nSPS) is 13.4. The summed E-state index contributed by atoms with van der Waals surface area (Å²) in [5.41, 5.74) is 2.95. The largest absolute Gasteiger partial charge is 0.388 e. The summed E-state index contributed by atoms with van der Waals surface area (Å²) in [4.78, 5) is 15.6. The van der Waals surface area contributed by atoms with Gasteiger partial charge < -0.3 is 9.63 Å². The lowest BCUT2D eigenvalue weighted by Crippen LogP contribution is -2.22. The Hall–Kier alpha value is -3.00. The number of nitrogens with zero attached hydrogens (tertiary/aromatic N) is 2. The van der Waals surface area contributed by atoms with Crippen molar-refractivity contribution in [3.05, 3.63) is 71.9 Å². The molecule has 0 spiro atoms. The minimum atomic E-state index is -3.17. The fourth-order valence-electron chi connectivity index (χ4n) is 3.11. The van der Waals surface area contributed by atoms with Crippen LogP contribution in [0.25, 0.3) is 11.1 Å². The molecule has 0 radical (unpaired) electrons. The molecule has 5 nitrogen and oxygen atoms in total. The number of Topliss-reactive ketones (excluding diaryl/α,β-unsaturated/α-hetero) is 1. The van der Waals surface area contributed by atoms with Crippen LogP contribution in [-0.2, 0) is 17.6 Å². The average molecular weight is 418 g/mol. The number of hydrogen-bond acceptors (Lipinski definition) is 5. The first-order valence-electron chi connectivity index (χ1n) is 9.47. The molecule has 2 aromatic heterocycles. The molecule has 1 aromatic carbocycles. The molecule has 0 aliphatic rings. The molecule has 0 saturated heterocycles. The van der Waals surface area contributed by atoms with Crippen LogP contribution in [0.3, 0.4) is 0 Å². The van der Waals surface area contributed by atoms with Crippen molar-refractivity contribution < 1.29 is 27.6 Å². The number of benzene rings is 1. The van der Waals surface area contributed by atoms with Crippen molar-refractivity contribution in [2.45, 2.75) is 31.8 Å². The number of carbonyl (C=O) groups is 1. The third kappa shape index (κ3) is 5.54. The molecule has 30 heavy (non-hydrogen) atoms. The van der Waals surface area contributed by atoms with Gasteiger partial charge in [-0.05, 0) is 23.6 Å². The summed E-state index contributed by atoms with van der Waals surface area (Å²) in [5, 5.41) is 13.9. The van der Waals surface area contributed by atoms with Crippen molar-refractivity contribution in [2.24, 2.45) is 5.92 Å². The van der Waals surface area contributed by atoms with E-state index in [0.717, 1.165) is 22.6 Å². The second-order valence-corrected chi connectivity index (χ2v) is 6.97. The minimum Gasteiger partial charge on any atom is -0.388 e. The molecule has 0 aliphatic heterocycles. The van der Waals surface area contributed by atoms with Crippen LogP contribution < -0.4 is 0 Å². The van der Waals surface area contributed by atoms with Gasteiger partial charge in [0.1, 0.15) is 5.76 Å². The van der Waals surface area contributed by atoms with Crippen LogP contribution in [0.15, 0.2) is 59.4 Å². The lowest BCUT2D eigenvalue weighted by atomic mass is 9.91. The molecular weight excluding hydrogens is 397 g/mol. The summed E-state index contributed by atoms with van der Waals surface area (Å²) in [6.45, 7) is -1.07. The quantitative estimate of drug-likeness (QED) is 0.529. The van der Waals surface area contributed by atoms with Crippen molar-refractivity contribution in [3.63, 3.8) is 0 Å². The van der Waals surface area contributed by atoms with Crippen LogP contribution in [-0.4, -0.2) is 34.1 Å². The van der Waals surface area contributed by atoms with Crippen molar-refractivity contribution in [1.29, 1.82) is 0 Å². The molecule has 2 heterocycles. The number of carbonyl (C=O) groups excluding carboxylic acids is 1. The summed E-state index contributed by atoms with van der Waals surface area (Å²) >= 11 is 0. The molecule has 0 amide bonds. The second kappa shape index (κ2) is 10.2. The zero-order chi connectivity index (χ0) is 21.5. The third-order valence-electron chi connectivity index (χ3n) is 4.88. The SMILES string of the molecule is O=C(C[C@H](CF)[C@H](O)c1ccc(-c2ccc(CCc3ccno3)nc2)cc1)C(F)F. The summed E-state index contributed by atoms with van der Waals surface area (Å²) in [6, 6.07) is 12.3. The number of halogens is 3. The third-order valence-corrected chi connectivity index (χ3v) is 4.88. The van der Waals surface area contributed by atoms with E-state index >= 15 is 0 Å². The monoisotopic (exact) mass is 418 g/mol. The highest BCUT2D eigenvalue weighted by Gasteiger charge is 2.27. The predicted molar refractivity (Wildman–Crippen MR) is 104 cm³/mol. The first-order chi connectivity index (χ1) is 14.5. The smallest absolute Gasteiger partial charge is 0.295 e. The maximum Gasteiger partial charge on any atom is 0.295 e. The molecule has 158 valence electrons. The summed E-state index contributed by atoms with van der Waals surface area (Å²) < 4.78 is 43.1. The van der Waals surface area contributed by atoms with Gasteiger partial charge in [-0.1, -0.05) is 35.5 Å². The molecule has 0 unspecified atom stereocenters. The summed E-state index contributed by atoms with van der Waals surface area (Å²) in [6.07, 6.45) is -0.490.